The molecule has 2 atom stereocenters. The van der Waals surface area contributed by atoms with E-state index in [4.69, 9.17) is 11.6 Å². The van der Waals surface area contributed by atoms with Crippen LogP contribution in [0.15, 0.2) is 18.2 Å². The maximum atomic E-state index is 13.4. The van der Waals surface area contributed by atoms with E-state index in [0.717, 1.165) is 6.42 Å². The molecule has 0 aliphatic carbocycles. The van der Waals surface area contributed by atoms with Crippen LogP contribution in [0.4, 0.5) is 4.39 Å². The Morgan fingerprint density at radius 1 is 1.53 bits per heavy atom. The molecule has 0 aromatic heterocycles. The minimum Gasteiger partial charge on any atom is -0.312 e. The molecule has 0 heterocycles. The van der Waals surface area contributed by atoms with E-state index < -0.39 is 10.8 Å². The maximum Gasteiger partial charge on any atom is 0.129 e. The van der Waals surface area contributed by atoms with E-state index in [0.29, 0.717) is 23.7 Å². The van der Waals surface area contributed by atoms with Crippen LogP contribution >= 0.6 is 11.6 Å². The lowest BCUT2D eigenvalue weighted by atomic mass is 10.2. The van der Waals surface area contributed by atoms with Gasteiger partial charge in [0.2, 0.25) is 0 Å². The minimum atomic E-state index is -0.807. The van der Waals surface area contributed by atoms with Crippen molar-refractivity contribution >= 4 is 22.4 Å². The maximum absolute atomic E-state index is 13.4. The van der Waals surface area contributed by atoms with Crippen LogP contribution in [-0.2, 0) is 17.3 Å². The van der Waals surface area contributed by atoms with Gasteiger partial charge in [0.05, 0.1) is 0 Å². The molecule has 5 heteroatoms. The van der Waals surface area contributed by atoms with E-state index >= 15 is 0 Å². The molecule has 96 valence electrons. The Labute approximate surface area is 109 Å². The van der Waals surface area contributed by atoms with Crippen molar-refractivity contribution < 1.29 is 8.60 Å². The highest BCUT2D eigenvalue weighted by Gasteiger charge is 2.08. The van der Waals surface area contributed by atoms with Gasteiger partial charge in [-0.05, 0) is 25.1 Å². The Bertz CT molecular complexity index is 380. The van der Waals surface area contributed by atoms with E-state index in [2.05, 4.69) is 5.32 Å². The average Bonchev–Trinajstić information content (AvgIpc) is 2.27. The van der Waals surface area contributed by atoms with Crippen molar-refractivity contribution in [3.05, 3.63) is 34.6 Å². The van der Waals surface area contributed by atoms with Gasteiger partial charge in [-0.15, -0.1) is 0 Å². The van der Waals surface area contributed by atoms with Gasteiger partial charge in [-0.1, -0.05) is 24.6 Å². The zero-order valence-electron chi connectivity index (χ0n) is 10.0. The molecule has 0 saturated heterocycles. The molecular weight excluding hydrogens is 261 g/mol. The van der Waals surface area contributed by atoms with Gasteiger partial charge in [-0.2, -0.15) is 0 Å². The lowest BCUT2D eigenvalue weighted by molar-refractivity contribution is 0.579. The molecule has 1 aromatic rings. The van der Waals surface area contributed by atoms with Crippen molar-refractivity contribution in [2.24, 2.45) is 0 Å². The first-order chi connectivity index (χ1) is 8.02. The normalized spacial score (nSPS) is 14.6. The number of rotatable bonds is 6. The van der Waals surface area contributed by atoms with Gasteiger partial charge >= 0.3 is 0 Å². The molecule has 0 aliphatic heterocycles. The van der Waals surface area contributed by atoms with Crippen LogP contribution in [-0.4, -0.2) is 22.3 Å². The highest BCUT2D eigenvalue weighted by molar-refractivity contribution is 7.84. The first-order valence-electron chi connectivity index (χ1n) is 5.48. The van der Waals surface area contributed by atoms with Crippen LogP contribution in [0.2, 0.25) is 5.02 Å². The summed E-state index contributed by atoms with van der Waals surface area (Å²) in [5.74, 6) is -0.294. The van der Waals surface area contributed by atoms with Crippen molar-refractivity contribution in [2.75, 3.05) is 12.8 Å². The van der Waals surface area contributed by atoms with Crippen LogP contribution in [0.25, 0.3) is 0 Å². The Hall–Kier alpha value is -0.450. The summed E-state index contributed by atoms with van der Waals surface area (Å²) in [5.41, 5.74) is 0.486. The standard InChI is InChI=1S/C12H17ClFNOS/c1-9(17(2)16)6-7-15-8-10-11(13)4-3-5-12(10)14/h3-5,9,15H,6-8H2,1-2H3. The monoisotopic (exact) mass is 277 g/mol. The summed E-state index contributed by atoms with van der Waals surface area (Å²) in [7, 11) is -0.807. The largest absolute Gasteiger partial charge is 0.312 e. The second-order valence-corrected chi connectivity index (χ2v) is 6.18. The van der Waals surface area contributed by atoms with Crippen molar-refractivity contribution in [3.63, 3.8) is 0 Å². The molecule has 0 radical (unpaired) electrons. The Morgan fingerprint density at radius 2 is 2.24 bits per heavy atom. The second kappa shape index (κ2) is 7.09. The third-order valence-electron chi connectivity index (χ3n) is 2.66. The van der Waals surface area contributed by atoms with E-state index in [9.17, 15) is 8.60 Å². The zero-order chi connectivity index (χ0) is 12.8. The summed E-state index contributed by atoms with van der Waals surface area (Å²) in [6.07, 6.45) is 2.49. The smallest absolute Gasteiger partial charge is 0.129 e. The van der Waals surface area contributed by atoms with Crippen molar-refractivity contribution in [1.82, 2.24) is 5.32 Å². The molecule has 0 aliphatic rings. The van der Waals surface area contributed by atoms with Gasteiger partial charge in [-0.25, -0.2) is 4.39 Å². The van der Waals surface area contributed by atoms with Crippen LogP contribution in [0.1, 0.15) is 18.9 Å². The van der Waals surface area contributed by atoms with Crippen molar-refractivity contribution in [3.8, 4) is 0 Å². The van der Waals surface area contributed by atoms with Gasteiger partial charge < -0.3 is 5.32 Å². The third kappa shape index (κ3) is 4.74. The first kappa shape index (κ1) is 14.6. The fourth-order valence-corrected chi connectivity index (χ4v) is 2.07. The highest BCUT2D eigenvalue weighted by Crippen LogP contribution is 2.18. The molecule has 0 fully saturated rings. The molecule has 1 N–H and O–H groups in total. The highest BCUT2D eigenvalue weighted by atomic mass is 35.5. The van der Waals surface area contributed by atoms with Crippen LogP contribution in [0.5, 0.6) is 0 Å². The fourth-order valence-electron chi connectivity index (χ4n) is 1.39. The molecule has 17 heavy (non-hydrogen) atoms. The molecule has 1 aromatic carbocycles. The number of hydrogen-bond donors (Lipinski definition) is 1. The summed E-state index contributed by atoms with van der Waals surface area (Å²) < 4.78 is 24.5. The summed E-state index contributed by atoms with van der Waals surface area (Å²) in [6.45, 7) is 3.04. The summed E-state index contributed by atoms with van der Waals surface area (Å²) >= 11 is 5.89. The van der Waals surface area contributed by atoms with Crippen molar-refractivity contribution in [1.29, 1.82) is 0 Å². The number of benzene rings is 1. The van der Waals surface area contributed by atoms with Gasteiger partial charge in [0, 0.05) is 39.4 Å². The Balaban J connectivity index is 2.39. The fraction of sp³-hybridized carbons (Fsp3) is 0.500. The molecule has 0 bridgehead atoms. The van der Waals surface area contributed by atoms with Gasteiger partial charge in [0.25, 0.3) is 0 Å². The number of halogens is 2. The number of hydrogen-bond acceptors (Lipinski definition) is 2. The first-order valence-corrected chi connectivity index (χ1v) is 7.48. The SMILES string of the molecule is CC(CCNCc1c(F)cccc1Cl)S(C)=O. The zero-order valence-corrected chi connectivity index (χ0v) is 11.6. The van der Waals surface area contributed by atoms with Crippen LogP contribution in [0, 0.1) is 5.82 Å². The van der Waals surface area contributed by atoms with Crippen LogP contribution in [0.3, 0.4) is 0 Å². The minimum absolute atomic E-state index is 0.151. The van der Waals surface area contributed by atoms with Crippen molar-refractivity contribution in [2.45, 2.75) is 25.1 Å². The third-order valence-corrected chi connectivity index (χ3v) is 4.38. The topological polar surface area (TPSA) is 29.1 Å². The molecule has 1 rings (SSSR count). The Kier molecular flexibility index (Phi) is 6.09. The lowest BCUT2D eigenvalue weighted by Crippen LogP contribution is -2.21. The van der Waals surface area contributed by atoms with E-state index in [1.807, 2.05) is 6.92 Å². The quantitative estimate of drug-likeness (QED) is 0.810. The lowest BCUT2D eigenvalue weighted by Gasteiger charge is -2.10. The predicted octanol–water partition coefficient (Wildman–Crippen LogP) is 2.73. The molecule has 0 amide bonds. The van der Waals surface area contributed by atoms with E-state index in [1.165, 1.54) is 6.07 Å². The van der Waals surface area contributed by atoms with Gasteiger partial charge in [0.1, 0.15) is 5.82 Å². The van der Waals surface area contributed by atoms with Gasteiger partial charge in [0.15, 0.2) is 0 Å². The van der Waals surface area contributed by atoms with E-state index in [1.54, 1.807) is 18.4 Å². The molecule has 0 saturated carbocycles. The Morgan fingerprint density at radius 3 is 2.82 bits per heavy atom. The summed E-state index contributed by atoms with van der Waals surface area (Å²) in [4.78, 5) is 0. The van der Waals surface area contributed by atoms with E-state index in [-0.39, 0.29) is 11.1 Å². The van der Waals surface area contributed by atoms with Gasteiger partial charge in [-0.3, -0.25) is 4.21 Å². The molecular formula is C12H17ClFNOS. The number of nitrogens with one attached hydrogen (secondary N) is 1. The average molecular weight is 278 g/mol. The van der Waals surface area contributed by atoms with Crippen LogP contribution < -0.4 is 5.32 Å². The summed E-state index contributed by atoms with van der Waals surface area (Å²) in [6, 6.07) is 4.65. The molecule has 2 unspecified atom stereocenters. The molecule has 2 nitrogen and oxygen atoms in total. The predicted molar refractivity (Wildman–Crippen MR) is 71.3 cm³/mol. The second-order valence-electron chi connectivity index (χ2n) is 3.97. The summed E-state index contributed by atoms with van der Waals surface area (Å²) in [5, 5.41) is 3.70. The molecule has 0 spiro atoms.